The molecular weight excluding hydrogens is 374 g/mol. The van der Waals surface area contributed by atoms with Crippen LogP contribution in [0.1, 0.15) is 28.4 Å². The molecule has 0 aromatic heterocycles. The van der Waals surface area contributed by atoms with E-state index in [9.17, 15) is 4.79 Å². The van der Waals surface area contributed by atoms with E-state index in [1.54, 1.807) is 0 Å². The van der Waals surface area contributed by atoms with Crippen molar-refractivity contribution in [2.45, 2.75) is 20.3 Å². The minimum Gasteiger partial charge on any atom is -0.321 e. The normalized spacial score (nSPS) is 10.5. The zero-order chi connectivity index (χ0) is 17.8. The first kappa shape index (κ1) is 17.4. The largest absolute Gasteiger partial charge is 0.321 e. The molecule has 3 heteroatoms. The Hall–Kier alpha value is -2.39. The lowest BCUT2D eigenvalue weighted by Crippen LogP contribution is -2.14. The van der Waals surface area contributed by atoms with Crippen LogP contribution in [0.3, 0.4) is 0 Å². The Bertz CT molecular complexity index is 886. The van der Waals surface area contributed by atoms with Crippen LogP contribution in [0.25, 0.3) is 11.1 Å². The standard InChI is InChI=1S/C22H20BrNO/c1-3-16-14-20(23)13-15(2)21(16)24-22(25)19-11-9-18(10-12-19)17-7-5-4-6-8-17/h4-14H,3H2,1-2H3,(H,24,25). The Balaban J connectivity index is 1.83. The van der Waals surface area contributed by atoms with Crippen molar-refractivity contribution in [3.05, 3.63) is 87.9 Å². The van der Waals surface area contributed by atoms with Crippen LogP contribution in [0.15, 0.2) is 71.2 Å². The molecule has 126 valence electrons. The van der Waals surface area contributed by atoms with E-state index < -0.39 is 0 Å². The second kappa shape index (κ2) is 7.66. The molecule has 25 heavy (non-hydrogen) atoms. The summed E-state index contributed by atoms with van der Waals surface area (Å²) < 4.78 is 1.03. The van der Waals surface area contributed by atoms with Gasteiger partial charge in [-0.15, -0.1) is 0 Å². The maximum absolute atomic E-state index is 12.6. The van der Waals surface area contributed by atoms with Gasteiger partial charge in [0.25, 0.3) is 5.91 Å². The van der Waals surface area contributed by atoms with Gasteiger partial charge in [-0.3, -0.25) is 4.79 Å². The number of benzene rings is 3. The summed E-state index contributed by atoms with van der Waals surface area (Å²) in [7, 11) is 0. The van der Waals surface area contributed by atoms with Crippen molar-refractivity contribution in [2.75, 3.05) is 5.32 Å². The van der Waals surface area contributed by atoms with Crippen molar-refractivity contribution >= 4 is 27.5 Å². The first-order chi connectivity index (χ1) is 12.1. The summed E-state index contributed by atoms with van der Waals surface area (Å²) in [5.74, 6) is -0.0836. The highest BCUT2D eigenvalue weighted by Crippen LogP contribution is 2.27. The lowest BCUT2D eigenvalue weighted by Gasteiger charge is -2.14. The maximum atomic E-state index is 12.6. The van der Waals surface area contributed by atoms with E-state index in [0.29, 0.717) is 5.56 Å². The highest BCUT2D eigenvalue weighted by molar-refractivity contribution is 9.10. The van der Waals surface area contributed by atoms with Gasteiger partial charge < -0.3 is 5.32 Å². The Morgan fingerprint density at radius 2 is 1.60 bits per heavy atom. The Kier molecular flexibility index (Phi) is 5.34. The first-order valence-corrected chi connectivity index (χ1v) is 9.13. The summed E-state index contributed by atoms with van der Waals surface area (Å²) in [6.07, 6.45) is 0.864. The van der Waals surface area contributed by atoms with Crippen molar-refractivity contribution in [3.8, 4) is 11.1 Å². The predicted octanol–water partition coefficient (Wildman–Crippen LogP) is 6.24. The number of nitrogens with one attached hydrogen (secondary N) is 1. The third-order valence-corrected chi connectivity index (χ3v) is 4.71. The van der Waals surface area contributed by atoms with E-state index in [1.165, 1.54) is 0 Å². The minimum atomic E-state index is -0.0836. The summed E-state index contributed by atoms with van der Waals surface area (Å²) in [5.41, 5.74) is 5.99. The van der Waals surface area contributed by atoms with Gasteiger partial charge in [0, 0.05) is 15.7 Å². The molecular formula is C22H20BrNO. The highest BCUT2D eigenvalue weighted by atomic mass is 79.9. The van der Waals surface area contributed by atoms with Crippen molar-refractivity contribution in [1.29, 1.82) is 0 Å². The Morgan fingerprint density at radius 3 is 2.24 bits per heavy atom. The van der Waals surface area contributed by atoms with Crippen LogP contribution in [0.5, 0.6) is 0 Å². The number of carbonyl (C=O) groups excluding carboxylic acids is 1. The second-order valence-corrected chi connectivity index (χ2v) is 6.92. The van der Waals surface area contributed by atoms with Gasteiger partial charge in [0.05, 0.1) is 0 Å². The van der Waals surface area contributed by atoms with Gasteiger partial charge in [-0.2, -0.15) is 0 Å². The smallest absolute Gasteiger partial charge is 0.255 e. The fraction of sp³-hybridized carbons (Fsp3) is 0.136. The Morgan fingerprint density at radius 1 is 0.960 bits per heavy atom. The second-order valence-electron chi connectivity index (χ2n) is 6.01. The van der Waals surface area contributed by atoms with Crippen LogP contribution in [0.4, 0.5) is 5.69 Å². The van der Waals surface area contributed by atoms with Crippen LogP contribution in [-0.4, -0.2) is 5.91 Å². The van der Waals surface area contributed by atoms with Crippen LogP contribution >= 0.6 is 15.9 Å². The number of anilines is 1. The Labute approximate surface area is 157 Å². The average molecular weight is 394 g/mol. The first-order valence-electron chi connectivity index (χ1n) is 8.34. The van der Waals surface area contributed by atoms with E-state index >= 15 is 0 Å². The topological polar surface area (TPSA) is 29.1 Å². The van der Waals surface area contributed by atoms with Gasteiger partial charge in [-0.05, 0) is 59.9 Å². The lowest BCUT2D eigenvalue weighted by atomic mass is 10.0. The molecule has 0 heterocycles. The summed E-state index contributed by atoms with van der Waals surface area (Å²) in [6, 6.07) is 21.9. The predicted molar refractivity (Wildman–Crippen MR) is 108 cm³/mol. The molecule has 0 saturated carbocycles. The number of amides is 1. The van der Waals surface area contributed by atoms with E-state index in [-0.39, 0.29) is 5.91 Å². The van der Waals surface area contributed by atoms with E-state index in [1.807, 2.05) is 55.5 Å². The van der Waals surface area contributed by atoms with Gasteiger partial charge in [-0.1, -0.05) is 65.3 Å². The van der Waals surface area contributed by atoms with Crippen LogP contribution in [0, 0.1) is 6.92 Å². The SMILES string of the molecule is CCc1cc(Br)cc(C)c1NC(=O)c1ccc(-c2ccccc2)cc1. The quantitative estimate of drug-likeness (QED) is 0.558. The molecule has 3 aromatic rings. The highest BCUT2D eigenvalue weighted by Gasteiger charge is 2.12. The monoisotopic (exact) mass is 393 g/mol. The van der Waals surface area contributed by atoms with E-state index in [4.69, 9.17) is 0 Å². The number of aryl methyl sites for hydroxylation is 2. The van der Waals surface area contributed by atoms with Gasteiger partial charge in [-0.25, -0.2) is 0 Å². The third kappa shape index (κ3) is 3.99. The number of halogens is 1. The fourth-order valence-corrected chi connectivity index (χ4v) is 3.52. The van der Waals surface area contributed by atoms with Gasteiger partial charge in [0.2, 0.25) is 0 Å². The molecule has 0 atom stereocenters. The van der Waals surface area contributed by atoms with Gasteiger partial charge >= 0.3 is 0 Å². The molecule has 0 aliphatic heterocycles. The number of hydrogen-bond acceptors (Lipinski definition) is 1. The zero-order valence-corrected chi connectivity index (χ0v) is 15.9. The zero-order valence-electron chi connectivity index (χ0n) is 14.3. The van der Waals surface area contributed by atoms with E-state index in [2.05, 4.69) is 46.4 Å². The van der Waals surface area contributed by atoms with Gasteiger partial charge in [0.1, 0.15) is 0 Å². The van der Waals surface area contributed by atoms with Crippen molar-refractivity contribution in [1.82, 2.24) is 0 Å². The van der Waals surface area contributed by atoms with Crippen LogP contribution in [-0.2, 0) is 6.42 Å². The molecule has 0 saturated heterocycles. The molecule has 1 amide bonds. The summed E-state index contributed by atoms with van der Waals surface area (Å²) in [6.45, 7) is 4.10. The number of carbonyl (C=O) groups is 1. The molecule has 0 radical (unpaired) electrons. The van der Waals surface area contributed by atoms with Crippen LogP contribution in [0.2, 0.25) is 0 Å². The molecule has 0 unspecified atom stereocenters. The van der Waals surface area contributed by atoms with Crippen molar-refractivity contribution < 1.29 is 4.79 Å². The fourth-order valence-electron chi connectivity index (χ4n) is 2.90. The molecule has 0 aliphatic carbocycles. The average Bonchev–Trinajstić information content (AvgIpc) is 2.64. The molecule has 2 nitrogen and oxygen atoms in total. The number of rotatable bonds is 4. The molecule has 0 aliphatic rings. The van der Waals surface area contributed by atoms with Crippen molar-refractivity contribution in [3.63, 3.8) is 0 Å². The summed E-state index contributed by atoms with van der Waals surface area (Å²) in [4.78, 5) is 12.6. The molecule has 0 bridgehead atoms. The van der Waals surface area contributed by atoms with Gasteiger partial charge in [0.15, 0.2) is 0 Å². The summed E-state index contributed by atoms with van der Waals surface area (Å²) in [5, 5.41) is 3.07. The molecule has 1 N–H and O–H groups in total. The minimum absolute atomic E-state index is 0.0836. The molecule has 3 aromatic carbocycles. The number of hydrogen-bond donors (Lipinski definition) is 1. The molecule has 0 fully saturated rings. The third-order valence-electron chi connectivity index (χ3n) is 4.26. The van der Waals surface area contributed by atoms with Crippen LogP contribution < -0.4 is 5.32 Å². The summed E-state index contributed by atoms with van der Waals surface area (Å²) >= 11 is 3.52. The maximum Gasteiger partial charge on any atom is 0.255 e. The molecule has 3 rings (SSSR count). The lowest BCUT2D eigenvalue weighted by molar-refractivity contribution is 0.102. The van der Waals surface area contributed by atoms with Crippen molar-refractivity contribution in [2.24, 2.45) is 0 Å². The molecule has 0 spiro atoms. The van der Waals surface area contributed by atoms with E-state index in [0.717, 1.165) is 38.8 Å².